The molecule has 0 amide bonds. The van der Waals surface area contributed by atoms with Crippen molar-refractivity contribution in [3.8, 4) is 0 Å². The van der Waals surface area contributed by atoms with Crippen LogP contribution in [0.2, 0.25) is 0 Å². The van der Waals surface area contributed by atoms with Crippen molar-refractivity contribution in [2.75, 3.05) is 11.9 Å². The molecule has 2 rings (SSSR count). The molecule has 0 unspecified atom stereocenters. The maximum atomic E-state index is 10.9. The second-order valence-electron chi connectivity index (χ2n) is 3.77. The predicted molar refractivity (Wildman–Crippen MR) is 75.6 cm³/mol. The van der Waals surface area contributed by atoms with E-state index in [1.165, 1.54) is 17.8 Å². The van der Waals surface area contributed by atoms with E-state index in [0.717, 1.165) is 22.2 Å². The van der Waals surface area contributed by atoms with Crippen molar-refractivity contribution < 1.29 is 4.92 Å². The van der Waals surface area contributed by atoms with Crippen LogP contribution in [0.5, 0.6) is 0 Å². The van der Waals surface area contributed by atoms with E-state index in [1.807, 2.05) is 31.2 Å². The monoisotopic (exact) mass is 275 g/mol. The second-order valence-corrected chi connectivity index (χ2v) is 4.87. The molecule has 1 heterocycles. The van der Waals surface area contributed by atoms with Crippen LogP contribution in [0.4, 0.5) is 11.4 Å². The number of nitro benzene ring substituents is 1. The minimum Gasteiger partial charge on any atom is -0.385 e. The molecule has 0 aliphatic heterocycles. The van der Waals surface area contributed by atoms with E-state index >= 15 is 0 Å². The molecular formula is C13H13N3O2S. The van der Waals surface area contributed by atoms with Gasteiger partial charge in [-0.15, -0.1) is 0 Å². The van der Waals surface area contributed by atoms with Crippen molar-refractivity contribution in [3.63, 3.8) is 0 Å². The summed E-state index contributed by atoms with van der Waals surface area (Å²) in [6.07, 6.45) is 1.70. The number of nitro groups is 1. The standard InChI is InChI=1S/C13H13N3O2S/c1-2-14-10-7-11(16(17)18)9-12(8-10)19-13-5-3-4-6-15-13/h3-9,14H,2H2,1H3. The maximum absolute atomic E-state index is 10.9. The zero-order valence-corrected chi connectivity index (χ0v) is 11.2. The van der Waals surface area contributed by atoms with E-state index in [-0.39, 0.29) is 10.6 Å². The molecule has 0 radical (unpaired) electrons. The quantitative estimate of drug-likeness (QED) is 0.667. The van der Waals surface area contributed by atoms with Gasteiger partial charge in [-0.2, -0.15) is 0 Å². The predicted octanol–water partition coefficient (Wildman–Crippen LogP) is 3.57. The van der Waals surface area contributed by atoms with Crippen LogP contribution < -0.4 is 5.32 Å². The van der Waals surface area contributed by atoms with Gasteiger partial charge in [0.2, 0.25) is 0 Å². The Hall–Kier alpha value is -2.08. The largest absolute Gasteiger partial charge is 0.385 e. The lowest BCUT2D eigenvalue weighted by atomic mass is 10.3. The highest BCUT2D eigenvalue weighted by Gasteiger charge is 2.10. The van der Waals surface area contributed by atoms with Crippen molar-refractivity contribution in [2.45, 2.75) is 16.8 Å². The molecule has 1 aromatic carbocycles. The third-order valence-electron chi connectivity index (χ3n) is 2.34. The summed E-state index contributed by atoms with van der Waals surface area (Å²) in [6.45, 7) is 2.67. The summed E-state index contributed by atoms with van der Waals surface area (Å²) in [6, 6.07) is 10.6. The highest BCUT2D eigenvalue weighted by atomic mass is 32.2. The summed E-state index contributed by atoms with van der Waals surface area (Å²) in [5.41, 5.74) is 0.826. The molecule has 0 aliphatic carbocycles. The molecule has 0 aliphatic rings. The molecule has 0 saturated carbocycles. The molecule has 0 atom stereocenters. The van der Waals surface area contributed by atoms with Gasteiger partial charge in [-0.25, -0.2) is 4.98 Å². The Bertz CT molecular complexity index is 575. The Morgan fingerprint density at radius 1 is 1.37 bits per heavy atom. The number of non-ortho nitro benzene ring substituents is 1. The molecule has 5 nitrogen and oxygen atoms in total. The molecule has 6 heteroatoms. The number of hydrogen-bond donors (Lipinski definition) is 1. The van der Waals surface area contributed by atoms with Crippen molar-refractivity contribution in [3.05, 3.63) is 52.7 Å². The number of rotatable bonds is 5. The number of pyridine rings is 1. The van der Waals surface area contributed by atoms with E-state index < -0.39 is 0 Å². The van der Waals surface area contributed by atoms with Crippen LogP contribution in [0.3, 0.4) is 0 Å². The average Bonchev–Trinajstić information content (AvgIpc) is 2.40. The molecule has 1 aromatic heterocycles. The zero-order valence-electron chi connectivity index (χ0n) is 10.4. The Morgan fingerprint density at radius 3 is 2.84 bits per heavy atom. The summed E-state index contributed by atoms with van der Waals surface area (Å²) in [7, 11) is 0. The fourth-order valence-corrected chi connectivity index (χ4v) is 2.45. The van der Waals surface area contributed by atoms with Crippen LogP contribution in [0.15, 0.2) is 52.5 Å². The Balaban J connectivity index is 2.31. The third-order valence-corrected chi connectivity index (χ3v) is 3.27. The second kappa shape index (κ2) is 6.19. The Kier molecular flexibility index (Phi) is 4.35. The van der Waals surface area contributed by atoms with Crippen LogP contribution in [0.1, 0.15) is 6.92 Å². The normalized spacial score (nSPS) is 10.2. The van der Waals surface area contributed by atoms with Crippen LogP contribution in [0.25, 0.3) is 0 Å². The zero-order chi connectivity index (χ0) is 13.7. The van der Waals surface area contributed by atoms with Gasteiger partial charge in [0.25, 0.3) is 5.69 Å². The van der Waals surface area contributed by atoms with E-state index in [0.29, 0.717) is 0 Å². The fourth-order valence-electron chi connectivity index (χ4n) is 1.58. The van der Waals surface area contributed by atoms with E-state index in [4.69, 9.17) is 0 Å². The number of anilines is 1. The minimum atomic E-state index is -0.386. The molecule has 0 spiro atoms. The number of nitrogens with zero attached hydrogens (tertiary/aromatic N) is 2. The first-order chi connectivity index (χ1) is 9.19. The minimum absolute atomic E-state index is 0.0804. The summed E-state index contributed by atoms with van der Waals surface area (Å²) in [4.78, 5) is 15.5. The molecule has 2 aromatic rings. The Morgan fingerprint density at radius 2 is 2.21 bits per heavy atom. The fraction of sp³-hybridized carbons (Fsp3) is 0.154. The topological polar surface area (TPSA) is 68.1 Å². The van der Waals surface area contributed by atoms with Crippen molar-refractivity contribution in [2.24, 2.45) is 0 Å². The van der Waals surface area contributed by atoms with Gasteiger partial charge in [-0.1, -0.05) is 17.8 Å². The third kappa shape index (κ3) is 3.69. The molecule has 0 saturated heterocycles. The Labute approximate surface area is 115 Å². The van der Waals surface area contributed by atoms with Crippen LogP contribution >= 0.6 is 11.8 Å². The molecule has 98 valence electrons. The van der Waals surface area contributed by atoms with Gasteiger partial charge >= 0.3 is 0 Å². The van der Waals surface area contributed by atoms with Gasteiger partial charge < -0.3 is 5.32 Å². The lowest BCUT2D eigenvalue weighted by Gasteiger charge is -2.06. The number of nitrogens with one attached hydrogen (secondary N) is 1. The molecule has 1 N–H and O–H groups in total. The highest BCUT2D eigenvalue weighted by Crippen LogP contribution is 2.31. The SMILES string of the molecule is CCNc1cc(Sc2ccccn2)cc([N+](=O)[O-])c1. The van der Waals surface area contributed by atoms with Crippen molar-refractivity contribution in [1.82, 2.24) is 4.98 Å². The lowest BCUT2D eigenvalue weighted by molar-refractivity contribution is -0.385. The van der Waals surface area contributed by atoms with Gasteiger partial charge in [-0.3, -0.25) is 10.1 Å². The lowest BCUT2D eigenvalue weighted by Crippen LogP contribution is -1.98. The summed E-state index contributed by atoms with van der Waals surface area (Å²) in [5, 5.41) is 14.8. The van der Waals surface area contributed by atoms with Gasteiger partial charge in [0.05, 0.1) is 4.92 Å². The molecule has 19 heavy (non-hydrogen) atoms. The van der Waals surface area contributed by atoms with Crippen molar-refractivity contribution in [1.29, 1.82) is 0 Å². The van der Waals surface area contributed by atoms with Gasteiger partial charge in [0.15, 0.2) is 0 Å². The smallest absolute Gasteiger partial charge is 0.272 e. The summed E-state index contributed by atoms with van der Waals surface area (Å²) >= 11 is 1.40. The van der Waals surface area contributed by atoms with Crippen molar-refractivity contribution >= 4 is 23.1 Å². The van der Waals surface area contributed by atoms with E-state index in [1.54, 1.807) is 12.3 Å². The molecule has 0 bridgehead atoms. The first-order valence-electron chi connectivity index (χ1n) is 5.81. The van der Waals surface area contributed by atoms with Crippen LogP contribution in [-0.4, -0.2) is 16.5 Å². The van der Waals surface area contributed by atoms with Gasteiger partial charge in [0.1, 0.15) is 5.03 Å². The number of hydrogen-bond acceptors (Lipinski definition) is 5. The average molecular weight is 275 g/mol. The molecule has 0 fully saturated rings. The van der Waals surface area contributed by atoms with Crippen LogP contribution in [-0.2, 0) is 0 Å². The van der Waals surface area contributed by atoms with E-state index in [2.05, 4.69) is 10.3 Å². The summed E-state index contributed by atoms with van der Waals surface area (Å²) in [5.74, 6) is 0. The van der Waals surface area contributed by atoms with Gasteiger partial charge in [-0.05, 0) is 25.1 Å². The number of aromatic nitrogens is 1. The first-order valence-corrected chi connectivity index (χ1v) is 6.63. The number of benzene rings is 1. The van der Waals surface area contributed by atoms with Gasteiger partial charge in [0, 0.05) is 35.5 Å². The van der Waals surface area contributed by atoms with E-state index in [9.17, 15) is 10.1 Å². The summed E-state index contributed by atoms with van der Waals surface area (Å²) < 4.78 is 0. The molecular weight excluding hydrogens is 262 g/mol. The maximum Gasteiger partial charge on any atom is 0.272 e. The van der Waals surface area contributed by atoms with Crippen LogP contribution in [0, 0.1) is 10.1 Å². The highest BCUT2D eigenvalue weighted by molar-refractivity contribution is 7.99. The first kappa shape index (κ1) is 13.4.